The first-order valence-corrected chi connectivity index (χ1v) is 22.3. The lowest BCUT2D eigenvalue weighted by Gasteiger charge is -2.27. The lowest BCUT2D eigenvalue weighted by molar-refractivity contribution is -0.132. The molecule has 6 nitrogen and oxygen atoms in total. The zero-order valence-electron chi connectivity index (χ0n) is 34.3. The molecule has 0 fully saturated rings. The molecule has 0 rings (SSSR count). The maximum absolute atomic E-state index is 12.4. The third-order valence-corrected chi connectivity index (χ3v) is 10.4. The molecular weight excluding hydrogens is 647 g/mol. The minimum absolute atomic E-state index is 0.359. The Morgan fingerprint density at radius 1 is 0.500 bits per heavy atom. The van der Waals surface area contributed by atoms with Gasteiger partial charge in [-0.05, 0) is 71.1 Å². The molecule has 0 aromatic rings. The molecule has 0 saturated carbocycles. The van der Waals surface area contributed by atoms with Crippen LogP contribution in [0.2, 0.25) is 0 Å². The van der Waals surface area contributed by atoms with Crippen molar-refractivity contribution in [2.45, 2.75) is 244 Å². The van der Waals surface area contributed by atoms with Crippen molar-refractivity contribution in [3.8, 4) is 0 Å². The van der Waals surface area contributed by atoms with E-state index in [1.54, 1.807) is 0 Å². The fraction of sp³-hybridized carbons (Fsp3) is 0.848. The summed E-state index contributed by atoms with van der Waals surface area (Å²) in [5.41, 5.74) is 0. The fourth-order valence-corrected chi connectivity index (χ4v) is 6.83. The Kier molecular flexibility index (Phi) is 39.6. The van der Waals surface area contributed by atoms with E-state index in [0.717, 1.165) is 38.5 Å². The van der Waals surface area contributed by atoms with E-state index in [2.05, 4.69) is 42.6 Å². The van der Waals surface area contributed by atoms with Crippen molar-refractivity contribution < 1.29 is 25.2 Å². The highest BCUT2D eigenvalue weighted by molar-refractivity contribution is 5.80. The average Bonchev–Trinajstić information content (AvgIpc) is 3.15. The Balaban J connectivity index is 3.59. The van der Waals surface area contributed by atoms with Crippen LogP contribution in [-0.4, -0.2) is 57.3 Å². The van der Waals surface area contributed by atoms with E-state index >= 15 is 0 Å². The predicted molar refractivity (Wildman–Crippen MR) is 224 cm³/mol. The number of aliphatic hydroxyl groups excluding tert-OH is 4. The monoisotopic (exact) mass is 734 g/mol. The number of nitrogens with one attached hydrogen (secondary N) is 1. The molecule has 4 unspecified atom stereocenters. The molecule has 0 spiro atoms. The first-order chi connectivity index (χ1) is 25.5. The first kappa shape index (κ1) is 50.5. The van der Waals surface area contributed by atoms with E-state index < -0.39 is 36.9 Å². The molecule has 5 N–H and O–H groups in total. The Morgan fingerprint density at radius 2 is 0.885 bits per heavy atom. The Labute approximate surface area is 322 Å². The summed E-state index contributed by atoms with van der Waals surface area (Å²) in [4.78, 5) is 12.4. The summed E-state index contributed by atoms with van der Waals surface area (Å²) in [5, 5.41) is 43.3. The fourth-order valence-electron chi connectivity index (χ4n) is 6.83. The molecule has 0 aliphatic carbocycles. The summed E-state index contributed by atoms with van der Waals surface area (Å²) < 4.78 is 0. The van der Waals surface area contributed by atoms with Crippen molar-refractivity contribution in [2.24, 2.45) is 0 Å². The molecule has 4 atom stereocenters. The van der Waals surface area contributed by atoms with Gasteiger partial charge in [-0.15, -0.1) is 0 Å². The van der Waals surface area contributed by atoms with Crippen LogP contribution in [0.3, 0.4) is 0 Å². The second kappa shape index (κ2) is 40.7. The van der Waals surface area contributed by atoms with E-state index in [9.17, 15) is 25.2 Å². The van der Waals surface area contributed by atoms with Gasteiger partial charge in [-0.1, -0.05) is 185 Å². The molecule has 0 heterocycles. The SMILES string of the molecule is C/C=C/CC/C=C/CCCC(O)C(O)C(CO)NC(=O)C(O)CCCCCCCCCCCCCC/C=C\CCCCCCCCCCCCCC. The highest BCUT2D eigenvalue weighted by atomic mass is 16.3. The van der Waals surface area contributed by atoms with Gasteiger partial charge in [-0.3, -0.25) is 4.79 Å². The molecule has 0 aromatic heterocycles. The van der Waals surface area contributed by atoms with Crippen molar-refractivity contribution in [2.75, 3.05) is 6.61 Å². The number of hydrogen-bond acceptors (Lipinski definition) is 5. The third-order valence-electron chi connectivity index (χ3n) is 10.4. The number of aliphatic hydroxyl groups is 4. The number of carbonyl (C=O) groups is 1. The van der Waals surface area contributed by atoms with Gasteiger partial charge in [0.15, 0.2) is 0 Å². The zero-order valence-corrected chi connectivity index (χ0v) is 34.3. The molecule has 0 aliphatic rings. The standard InChI is InChI=1S/C46H87NO5/c1-3-5-7-9-11-13-14-15-16-17-18-19-20-21-22-23-24-25-26-27-28-29-30-31-32-34-36-38-40-44(50)46(52)47-42(41-48)45(51)43(49)39-37-35-33-12-10-8-6-4-2/h4,6,12,21-22,33,42-45,48-51H,3,5,7-11,13-20,23-32,34-41H2,1-2H3,(H,47,52)/b6-4+,22-21-,33-12+. The van der Waals surface area contributed by atoms with Gasteiger partial charge in [0.1, 0.15) is 12.2 Å². The van der Waals surface area contributed by atoms with Crippen LogP contribution in [-0.2, 0) is 4.79 Å². The average molecular weight is 734 g/mol. The van der Waals surface area contributed by atoms with Gasteiger partial charge < -0.3 is 25.7 Å². The second-order valence-electron chi connectivity index (χ2n) is 15.4. The van der Waals surface area contributed by atoms with Gasteiger partial charge in [0, 0.05) is 0 Å². The van der Waals surface area contributed by atoms with Gasteiger partial charge in [-0.2, -0.15) is 0 Å². The van der Waals surface area contributed by atoms with E-state index in [4.69, 9.17) is 0 Å². The molecule has 6 heteroatoms. The van der Waals surface area contributed by atoms with E-state index in [-0.39, 0.29) is 0 Å². The van der Waals surface area contributed by atoms with Crippen molar-refractivity contribution in [3.05, 3.63) is 36.5 Å². The topological polar surface area (TPSA) is 110 Å². The summed E-state index contributed by atoms with van der Waals surface area (Å²) in [6.45, 7) is 3.79. The zero-order chi connectivity index (χ0) is 38.2. The molecule has 0 aromatic carbocycles. The van der Waals surface area contributed by atoms with Gasteiger partial charge in [0.05, 0.1) is 18.8 Å². The van der Waals surface area contributed by atoms with Crippen LogP contribution in [0.4, 0.5) is 0 Å². The number of allylic oxidation sites excluding steroid dienone is 6. The normalized spacial score (nSPS) is 14.5. The molecule has 0 saturated heterocycles. The highest BCUT2D eigenvalue weighted by Crippen LogP contribution is 2.16. The number of hydrogen-bond donors (Lipinski definition) is 5. The van der Waals surface area contributed by atoms with Crippen LogP contribution in [0.5, 0.6) is 0 Å². The summed E-state index contributed by atoms with van der Waals surface area (Å²) in [7, 11) is 0. The van der Waals surface area contributed by atoms with Crippen LogP contribution in [0.25, 0.3) is 0 Å². The lowest BCUT2D eigenvalue weighted by atomic mass is 10.00. The number of unbranched alkanes of at least 4 members (excludes halogenated alkanes) is 26. The molecule has 1 amide bonds. The van der Waals surface area contributed by atoms with Gasteiger partial charge in [-0.25, -0.2) is 0 Å². The Bertz CT molecular complexity index is 828. The minimum Gasteiger partial charge on any atom is -0.394 e. The van der Waals surface area contributed by atoms with Crippen molar-refractivity contribution in [1.29, 1.82) is 0 Å². The first-order valence-electron chi connectivity index (χ1n) is 22.3. The van der Waals surface area contributed by atoms with E-state index in [1.807, 2.05) is 13.0 Å². The van der Waals surface area contributed by atoms with Crippen molar-refractivity contribution >= 4 is 5.91 Å². The highest BCUT2D eigenvalue weighted by Gasteiger charge is 2.28. The molecule has 306 valence electrons. The minimum atomic E-state index is -1.29. The number of amides is 1. The third kappa shape index (κ3) is 34.3. The molecule has 0 bridgehead atoms. The Hall–Kier alpha value is -1.47. The van der Waals surface area contributed by atoms with Crippen molar-refractivity contribution in [3.63, 3.8) is 0 Å². The van der Waals surface area contributed by atoms with Crippen molar-refractivity contribution in [1.82, 2.24) is 5.32 Å². The smallest absolute Gasteiger partial charge is 0.249 e. The van der Waals surface area contributed by atoms with E-state index in [1.165, 1.54) is 148 Å². The van der Waals surface area contributed by atoms with Crippen LogP contribution >= 0.6 is 0 Å². The van der Waals surface area contributed by atoms with Crippen LogP contribution in [0.15, 0.2) is 36.5 Å². The molecule has 0 aliphatic heterocycles. The van der Waals surface area contributed by atoms with Gasteiger partial charge in [0.2, 0.25) is 5.91 Å². The van der Waals surface area contributed by atoms with Crippen LogP contribution in [0, 0.1) is 0 Å². The summed E-state index contributed by atoms with van der Waals surface area (Å²) >= 11 is 0. The summed E-state index contributed by atoms with van der Waals surface area (Å²) in [6, 6.07) is -1.01. The molecule has 52 heavy (non-hydrogen) atoms. The van der Waals surface area contributed by atoms with Gasteiger partial charge >= 0.3 is 0 Å². The molecular formula is C46H87NO5. The number of rotatable bonds is 40. The quantitative estimate of drug-likeness (QED) is 0.0318. The Morgan fingerprint density at radius 3 is 1.33 bits per heavy atom. The largest absolute Gasteiger partial charge is 0.394 e. The van der Waals surface area contributed by atoms with E-state index in [0.29, 0.717) is 19.3 Å². The predicted octanol–water partition coefficient (Wildman–Crippen LogP) is 11.7. The summed E-state index contributed by atoms with van der Waals surface area (Å²) in [5.74, 6) is -0.601. The summed E-state index contributed by atoms with van der Waals surface area (Å²) in [6.07, 6.45) is 48.0. The maximum Gasteiger partial charge on any atom is 0.249 e. The second-order valence-corrected chi connectivity index (χ2v) is 15.4. The number of carbonyl (C=O) groups excluding carboxylic acids is 1. The molecule has 0 radical (unpaired) electrons. The van der Waals surface area contributed by atoms with Crippen LogP contribution < -0.4 is 5.32 Å². The lowest BCUT2D eigenvalue weighted by Crippen LogP contribution is -2.53. The maximum atomic E-state index is 12.4. The van der Waals surface area contributed by atoms with Gasteiger partial charge in [0.25, 0.3) is 0 Å². The van der Waals surface area contributed by atoms with Crippen LogP contribution in [0.1, 0.15) is 219 Å².